The molecule has 0 bridgehead atoms. The van der Waals surface area contributed by atoms with Crippen LogP contribution in [0.1, 0.15) is 29.5 Å². The lowest BCUT2D eigenvalue weighted by atomic mass is 10.0. The van der Waals surface area contributed by atoms with Crippen molar-refractivity contribution in [1.29, 1.82) is 0 Å². The lowest BCUT2D eigenvalue weighted by molar-refractivity contribution is -0.385. The maximum atomic E-state index is 14.2. The minimum Gasteiger partial charge on any atom is -0.317 e. The smallest absolute Gasteiger partial charge is 0.317 e. The second-order valence-electron chi connectivity index (χ2n) is 11.5. The molecular formula is C37H36N4O3S. The van der Waals surface area contributed by atoms with E-state index in [-0.39, 0.29) is 29.2 Å². The molecule has 0 saturated carbocycles. The van der Waals surface area contributed by atoms with Crippen LogP contribution in [0.3, 0.4) is 0 Å². The van der Waals surface area contributed by atoms with Crippen molar-refractivity contribution in [2.45, 2.75) is 48.7 Å². The molecule has 0 aliphatic carbocycles. The standard InChI is InChI=1S/C37H36N4O3S/c1-27-14-17-33(18-15-27)45-36-19-16-32(41(43)44)24-30(36)26-40(31-20-22-39(23-21-31)25-28-8-3-2-4-9-28)37(42)38-35-13-7-11-29-10-5-6-12-34(29)35/h2-19,24,31H,20-23,25-26H2,1H3,(H,38,42). The number of non-ortho nitro benzene ring substituents is 1. The fourth-order valence-electron chi connectivity index (χ4n) is 5.94. The van der Waals surface area contributed by atoms with Crippen LogP contribution in [0.5, 0.6) is 0 Å². The number of rotatable bonds is 9. The molecular weight excluding hydrogens is 580 g/mol. The molecule has 6 rings (SSSR count). The Bertz CT molecular complexity index is 1780. The number of urea groups is 1. The van der Waals surface area contributed by atoms with Gasteiger partial charge in [0, 0.05) is 59.5 Å². The minimum atomic E-state index is -0.369. The van der Waals surface area contributed by atoms with Gasteiger partial charge in [-0.25, -0.2) is 4.79 Å². The first kappa shape index (κ1) is 30.4. The van der Waals surface area contributed by atoms with E-state index in [9.17, 15) is 14.9 Å². The SMILES string of the molecule is Cc1ccc(Sc2ccc([N+](=O)[O-])cc2CN(C(=O)Nc2cccc3ccccc23)C2CCN(Cc3ccccc3)CC2)cc1. The number of nitrogens with one attached hydrogen (secondary N) is 1. The van der Waals surface area contributed by atoms with Crippen LogP contribution < -0.4 is 5.32 Å². The molecule has 0 radical (unpaired) electrons. The Hall–Kier alpha value is -4.66. The quantitative estimate of drug-likeness (QED) is 0.132. The third-order valence-electron chi connectivity index (χ3n) is 8.38. The number of hydrogen-bond donors (Lipinski definition) is 1. The molecule has 5 aromatic rings. The molecule has 1 aliphatic rings. The normalized spacial score (nSPS) is 13.9. The van der Waals surface area contributed by atoms with Crippen molar-refractivity contribution in [2.75, 3.05) is 18.4 Å². The molecule has 8 heteroatoms. The molecule has 228 valence electrons. The number of anilines is 1. The maximum absolute atomic E-state index is 14.2. The fraction of sp³-hybridized carbons (Fsp3) is 0.216. The zero-order valence-corrected chi connectivity index (χ0v) is 26.1. The number of carbonyl (C=O) groups is 1. The van der Waals surface area contributed by atoms with Gasteiger partial charge in [-0.2, -0.15) is 0 Å². The van der Waals surface area contributed by atoms with Crippen LogP contribution in [-0.4, -0.2) is 39.9 Å². The number of aryl methyl sites for hydroxylation is 1. The monoisotopic (exact) mass is 616 g/mol. The van der Waals surface area contributed by atoms with Gasteiger partial charge >= 0.3 is 6.03 Å². The van der Waals surface area contributed by atoms with E-state index in [2.05, 4.69) is 58.7 Å². The number of likely N-dealkylation sites (tertiary alicyclic amines) is 1. The Morgan fingerprint density at radius 3 is 2.38 bits per heavy atom. The number of fused-ring (bicyclic) bond motifs is 1. The Labute approximate surface area is 268 Å². The van der Waals surface area contributed by atoms with E-state index in [0.717, 1.165) is 69.9 Å². The summed E-state index contributed by atoms with van der Waals surface area (Å²) < 4.78 is 0. The molecule has 0 atom stereocenters. The Morgan fingerprint density at radius 1 is 0.911 bits per heavy atom. The van der Waals surface area contributed by atoms with Gasteiger partial charge in [0.15, 0.2) is 0 Å². The van der Waals surface area contributed by atoms with Gasteiger partial charge < -0.3 is 10.2 Å². The second-order valence-corrected chi connectivity index (χ2v) is 12.7. The molecule has 0 spiro atoms. The second kappa shape index (κ2) is 14.0. The zero-order chi connectivity index (χ0) is 31.2. The predicted octanol–water partition coefficient (Wildman–Crippen LogP) is 8.91. The largest absolute Gasteiger partial charge is 0.322 e. The first-order valence-corrected chi connectivity index (χ1v) is 16.1. The van der Waals surface area contributed by atoms with Crippen LogP contribution in [0, 0.1) is 17.0 Å². The number of nitro benzene ring substituents is 1. The van der Waals surface area contributed by atoms with Crippen molar-refractivity contribution in [2.24, 2.45) is 0 Å². The van der Waals surface area contributed by atoms with Crippen molar-refractivity contribution in [3.8, 4) is 0 Å². The minimum absolute atomic E-state index is 0.0188. The summed E-state index contributed by atoms with van der Waals surface area (Å²) in [4.78, 5) is 31.9. The van der Waals surface area contributed by atoms with E-state index < -0.39 is 0 Å². The molecule has 1 N–H and O–H groups in total. The Kier molecular flexibility index (Phi) is 9.43. The van der Waals surface area contributed by atoms with Crippen LogP contribution in [0.25, 0.3) is 10.8 Å². The first-order valence-electron chi connectivity index (χ1n) is 15.3. The number of carbonyl (C=O) groups excluding carboxylic acids is 1. The highest BCUT2D eigenvalue weighted by Gasteiger charge is 2.30. The van der Waals surface area contributed by atoms with E-state index in [1.165, 1.54) is 5.56 Å². The number of nitro groups is 1. The molecule has 2 amide bonds. The maximum Gasteiger partial charge on any atom is 0.322 e. The number of nitrogens with zero attached hydrogens (tertiary/aromatic N) is 3. The molecule has 0 unspecified atom stereocenters. The van der Waals surface area contributed by atoms with Crippen molar-refractivity contribution >= 4 is 39.9 Å². The molecule has 0 aromatic heterocycles. The van der Waals surface area contributed by atoms with Crippen molar-refractivity contribution in [1.82, 2.24) is 9.80 Å². The summed E-state index contributed by atoms with van der Waals surface area (Å²) in [6, 6.07) is 37.3. The summed E-state index contributed by atoms with van der Waals surface area (Å²) >= 11 is 1.56. The Balaban J connectivity index is 1.29. The van der Waals surface area contributed by atoms with Crippen LogP contribution in [0.4, 0.5) is 16.2 Å². The van der Waals surface area contributed by atoms with Crippen LogP contribution >= 0.6 is 11.8 Å². The summed E-state index contributed by atoms with van der Waals surface area (Å²) in [5.74, 6) is 0. The van der Waals surface area contributed by atoms with Crippen LogP contribution in [0.15, 0.2) is 125 Å². The summed E-state index contributed by atoms with van der Waals surface area (Å²) in [5, 5.41) is 17.0. The predicted molar refractivity (Wildman–Crippen MR) is 182 cm³/mol. The lowest BCUT2D eigenvalue weighted by Gasteiger charge is -2.39. The summed E-state index contributed by atoms with van der Waals surface area (Å²) in [5.41, 5.74) is 3.96. The van der Waals surface area contributed by atoms with Gasteiger partial charge in [-0.05, 0) is 60.5 Å². The fourth-order valence-corrected chi connectivity index (χ4v) is 6.85. The van der Waals surface area contributed by atoms with E-state index in [1.807, 2.05) is 60.4 Å². The number of piperidine rings is 1. The first-order chi connectivity index (χ1) is 21.9. The van der Waals surface area contributed by atoms with Gasteiger partial charge in [0.05, 0.1) is 10.6 Å². The number of amides is 2. The van der Waals surface area contributed by atoms with Gasteiger partial charge in [0.25, 0.3) is 5.69 Å². The van der Waals surface area contributed by atoms with Crippen LogP contribution in [-0.2, 0) is 13.1 Å². The number of hydrogen-bond acceptors (Lipinski definition) is 5. The third kappa shape index (κ3) is 7.53. The third-order valence-corrected chi connectivity index (χ3v) is 9.51. The lowest BCUT2D eigenvalue weighted by Crippen LogP contribution is -2.48. The average Bonchev–Trinajstić information content (AvgIpc) is 3.06. The van der Waals surface area contributed by atoms with Gasteiger partial charge in [0.1, 0.15) is 0 Å². The van der Waals surface area contributed by atoms with Gasteiger partial charge in [-0.3, -0.25) is 15.0 Å². The van der Waals surface area contributed by atoms with E-state index in [4.69, 9.17) is 0 Å². The molecule has 5 aromatic carbocycles. The molecule has 1 aliphatic heterocycles. The van der Waals surface area contributed by atoms with E-state index >= 15 is 0 Å². The number of benzene rings is 5. The van der Waals surface area contributed by atoms with Crippen LogP contribution in [0.2, 0.25) is 0 Å². The average molecular weight is 617 g/mol. The molecule has 45 heavy (non-hydrogen) atoms. The highest BCUT2D eigenvalue weighted by Crippen LogP contribution is 2.35. The van der Waals surface area contributed by atoms with Gasteiger partial charge in [-0.15, -0.1) is 0 Å². The van der Waals surface area contributed by atoms with Gasteiger partial charge in [-0.1, -0.05) is 96.2 Å². The van der Waals surface area contributed by atoms with Gasteiger partial charge in [0.2, 0.25) is 0 Å². The molecule has 7 nitrogen and oxygen atoms in total. The highest BCUT2D eigenvalue weighted by atomic mass is 32.2. The Morgan fingerprint density at radius 2 is 1.62 bits per heavy atom. The van der Waals surface area contributed by atoms with Crippen molar-refractivity contribution in [3.63, 3.8) is 0 Å². The van der Waals surface area contributed by atoms with E-state index in [1.54, 1.807) is 30.0 Å². The summed E-state index contributed by atoms with van der Waals surface area (Å²) in [6.45, 7) is 4.90. The molecule has 1 fully saturated rings. The van der Waals surface area contributed by atoms with Crippen molar-refractivity contribution < 1.29 is 9.72 Å². The topological polar surface area (TPSA) is 78.7 Å². The molecule has 1 heterocycles. The zero-order valence-electron chi connectivity index (χ0n) is 25.3. The van der Waals surface area contributed by atoms with Crippen molar-refractivity contribution in [3.05, 3.63) is 142 Å². The van der Waals surface area contributed by atoms with E-state index in [0.29, 0.717) is 0 Å². The summed E-state index contributed by atoms with van der Waals surface area (Å²) in [6.07, 6.45) is 1.62. The molecule has 1 saturated heterocycles. The highest BCUT2D eigenvalue weighted by molar-refractivity contribution is 7.99. The summed E-state index contributed by atoms with van der Waals surface area (Å²) in [7, 11) is 0.